The summed E-state index contributed by atoms with van der Waals surface area (Å²) in [6, 6.07) is 13.6. The van der Waals surface area contributed by atoms with Gasteiger partial charge in [0, 0.05) is 37.5 Å². The molecule has 1 saturated carbocycles. The number of hydrogen-bond donors (Lipinski definition) is 5. The maximum Gasteiger partial charge on any atom is 0.407 e. The summed E-state index contributed by atoms with van der Waals surface area (Å²) in [5.41, 5.74) is 11.1. The Balaban J connectivity index is 0.985. The molecular formula is C51H65N9O6. The van der Waals surface area contributed by atoms with E-state index in [-0.39, 0.29) is 41.1 Å². The summed E-state index contributed by atoms with van der Waals surface area (Å²) in [6.45, 7) is 8.98. The normalized spacial score (nSPS) is 20.6. The molecule has 2 saturated heterocycles. The van der Waals surface area contributed by atoms with Crippen molar-refractivity contribution in [2.24, 2.45) is 11.8 Å². The Morgan fingerprint density at radius 2 is 1.44 bits per heavy atom. The van der Waals surface area contributed by atoms with E-state index < -0.39 is 24.6 Å². The number of rotatable bonds is 13. The van der Waals surface area contributed by atoms with Crippen molar-refractivity contribution in [2.75, 3.05) is 27.3 Å². The number of aromatic amines is 2. The van der Waals surface area contributed by atoms with Gasteiger partial charge in [-0.25, -0.2) is 14.8 Å². The van der Waals surface area contributed by atoms with E-state index in [4.69, 9.17) is 24.4 Å². The Morgan fingerprint density at radius 3 is 2.11 bits per heavy atom. The second-order valence-electron chi connectivity index (χ2n) is 19.5. The Kier molecular flexibility index (Phi) is 13.0. The van der Waals surface area contributed by atoms with Crippen molar-refractivity contribution in [1.82, 2.24) is 45.4 Å². The highest BCUT2D eigenvalue weighted by Gasteiger charge is 2.43. The number of nitrogens with zero attached hydrogens (tertiary/aromatic N) is 5. The Morgan fingerprint density at radius 1 is 0.773 bits per heavy atom. The number of ether oxygens (including phenoxy) is 2. The van der Waals surface area contributed by atoms with Gasteiger partial charge in [-0.2, -0.15) is 0 Å². The van der Waals surface area contributed by atoms with Gasteiger partial charge in [-0.05, 0) is 122 Å². The second kappa shape index (κ2) is 18.9. The Bertz CT molecular complexity index is 2560. The zero-order valence-corrected chi connectivity index (χ0v) is 39.2. The van der Waals surface area contributed by atoms with E-state index in [0.717, 1.165) is 83.7 Å². The van der Waals surface area contributed by atoms with Crippen molar-refractivity contribution < 1.29 is 29.0 Å². The number of alkyl carbamates (subject to hydrolysis) is 1. The third-order valence-electron chi connectivity index (χ3n) is 14.8. The molecule has 0 bridgehead atoms. The van der Waals surface area contributed by atoms with Crippen LogP contribution in [0, 0.1) is 11.8 Å². The molecule has 2 aromatic carbocycles. The van der Waals surface area contributed by atoms with Crippen LogP contribution in [0.3, 0.4) is 0 Å². The van der Waals surface area contributed by atoms with Gasteiger partial charge in [0.15, 0.2) is 0 Å². The van der Waals surface area contributed by atoms with Crippen molar-refractivity contribution in [2.45, 2.75) is 134 Å². The lowest BCUT2D eigenvalue weighted by atomic mass is 9.65. The van der Waals surface area contributed by atoms with Crippen LogP contribution < -0.4 is 10.6 Å². The molecule has 5 heterocycles. The Hall–Kier alpha value is -5.64. The van der Waals surface area contributed by atoms with Gasteiger partial charge in [0.2, 0.25) is 18.2 Å². The highest BCUT2D eigenvalue weighted by atomic mass is 16.6. The first-order chi connectivity index (χ1) is 31.9. The van der Waals surface area contributed by atoms with Gasteiger partial charge < -0.3 is 39.7 Å². The third-order valence-corrected chi connectivity index (χ3v) is 14.8. The molecule has 3 fully saturated rings. The zero-order chi connectivity index (χ0) is 46.3. The molecular weight excluding hydrogens is 835 g/mol. The SMILES string of the molecule is COC(=O)N[C@H](C(=O)N1CCC[C@H]1c1nc2ccc(-c3ccc(-c4ccc(-c5cnc([C@@H]6CCCN6C(=O)[C@@H](NC(O)OC)C(C)C)[nH]5)cn4)c4c3C3(CCCC3)CCC4)cc2[nH]1)C(C)C. The smallest absolute Gasteiger partial charge is 0.407 e. The Labute approximate surface area is 386 Å². The third kappa shape index (κ3) is 8.61. The van der Waals surface area contributed by atoms with Crippen LogP contribution >= 0.6 is 0 Å². The summed E-state index contributed by atoms with van der Waals surface area (Å²) in [7, 11) is 2.71. The molecule has 3 amide bonds. The standard InChI is InChI=1S/C51H65N9O6/c1-29(2)43(57-49(63)65-5)47(61)59-24-10-13-40(59)45-53-28-39(56-45)32-16-19-36(52-27-32)34-18-17-33(42-35(34)12-9-23-51(42)21-7-8-22-51)31-15-20-37-38(26-31)55-46(54-37)41-14-11-25-60(41)48(62)44(30(3)4)58-50(64)66-6/h15-20,26-30,40-41,43-44,49,57,63H,7-14,21-25H2,1-6H3,(H,53,56)(H,54,55)(H,58,64)/t40-,41-,43-,44-,49?/m0/s1. The number of aliphatic hydroxyl groups is 1. The van der Waals surface area contributed by atoms with Gasteiger partial charge in [0.1, 0.15) is 17.7 Å². The molecule has 1 spiro atoms. The van der Waals surface area contributed by atoms with Crippen molar-refractivity contribution in [1.29, 1.82) is 0 Å². The number of H-pyrrole nitrogens is 2. The van der Waals surface area contributed by atoms with Gasteiger partial charge >= 0.3 is 6.09 Å². The monoisotopic (exact) mass is 900 g/mol. The van der Waals surface area contributed by atoms with E-state index >= 15 is 0 Å². The number of pyridine rings is 1. The number of fused-ring (bicyclic) bond motifs is 3. The van der Waals surface area contributed by atoms with Crippen LogP contribution in [0.2, 0.25) is 0 Å². The fraction of sp³-hybridized carbons (Fsp3) is 0.529. The molecule has 5 atom stereocenters. The van der Waals surface area contributed by atoms with Crippen LogP contribution in [0.5, 0.6) is 0 Å². The van der Waals surface area contributed by atoms with Gasteiger partial charge in [-0.3, -0.25) is 19.9 Å². The van der Waals surface area contributed by atoms with Crippen LogP contribution in [-0.4, -0.2) is 104 Å². The minimum Gasteiger partial charge on any atom is -0.453 e. The molecule has 9 rings (SSSR count). The molecule has 3 aromatic heterocycles. The number of carbonyl (C=O) groups excluding carboxylic acids is 3. The highest BCUT2D eigenvalue weighted by Crippen LogP contribution is 2.54. The molecule has 15 heteroatoms. The molecule has 4 aliphatic rings. The van der Waals surface area contributed by atoms with Crippen LogP contribution in [0.1, 0.15) is 127 Å². The number of methoxy groups -OCH3 is 2. The van der Waals surface area contributed by atoms with Crippen molar-refractivity contribution >= 4 is 28.9 Å². The number of hydrogen-bond acceptors (Lipinski definition) is 10. The molecule has 15 nitrogen and oxygen atoms in total. The minimum absolute atomic E-state index is 0.0516. The number of carbonyl (C=O) groups is 3. The highest BCUT2D eigenvalue weighted by molar-refractivity contribution is 5.88. The largest absolute Gasteiger partial charge is 0.453 e. The van der Waals surface area contributed by atoms with Crippen molar-refractivity contribution in [3.63, 3.8) is 0 Å². The minimum atomic E-state index is -1.23. The van der Waals surface area contributed by atoms with Gasteiger partial charge in [-0.15, -0.1) is 0 Å². The van der Waals surface area contributed by atoms with Crippen LogP contribution in [0.4, 0.5) is 4.79 Å². The predicted octanol–water partition coefficient (Wildman–Crippen LogP) is 8.07. The van der Waals surface area contributed by atoms with E-state index in [9.17, 15) is 19.5 Å². The van der Waals surface area contributed by atoms with E-state index in [1.165, 1.54) is 68.6 Å². The lowest BCUT2D eigenvalue weighted by molar-refractivity contribution is -0.145. The molecule has 2 aliphatic carbocycles. The van der Waals surface area contributed by atoms with Crippen LogP contribution in [0.25, 0.3) is 44.7 Å². The van der Waals surface area contributed by atoms with E-state index in [1.807, 2.05) is 49.9 Å². The van der Waals surface area contributed by atoms with Gasteiger partial charge in [0.05, 0.1) is 53.9 Å². The quantitative estimate of drug-likeness (QED) is 0.0723. The number of nitrogens with one attached hydrogen (secondary N) is 4. The topological polar surface area (TPSA) is 191 Å². The van der Waals surface area contributed by atoms with E-state index in [2.05, 4.69) is 63.1 Å². The summed E-state index contributed by atoms with van der Waals surface area (Å²) in [4.78, 5) is 65.5. The second-order valence-corrected chi connectivity index (χ2v) is 19.5. The summed E-state index contributed by atoms with van der Waals surface area (Å²) >= 11 is 0. The number of amides is 3. The number of aliphatic hydroxyl groups excluding tert-OH is 1. The first-order valence-electron chi connectivity index (χ1n) is 24.0. The lowest BCUT2D eigenvalue weighted by Gasteiger charge is -2.39. The van der Waals surface area contributed by atoms with Gasteiger partial charge in [-0.1, -0.05) is 58.7 Å². The van der Waals surface area contributed by atoms with Crippen LogP contribution in [0.15, 0.2) is 54.9 Å². The number of aromatic nitrogens is 5. The predicted molar refractivity (Wildman–Crippen MR) is 252 cm³/mol. The molecule has 66 heavy (non-hydrogen) atoms. The number of benzene rings is 2. The molecule has 0 radical (unpaired) electrons. The average molecular weight is 900 g/mol. The summed E-state index contributed by atoms with van der Waals surface area (Å²) in [6.07, 6.45) is 13.4. The number of likely N-dealkylation sites (tertiary alicyclic amines) is 2. The van der Waals surface area contributed by atoms with E-state index in [0.29, 0.717) is 13.1 Å². The molecule has 5 aromatic rings. The molecule has 1 unspecified atom stereocenters. The first kappa shape index (κ1) is 45.5. The summed E-state index contributed by atoms with van der Waals surface area (Å²) in [5.74, 6) is 1.15. The maximum atomic E-state index is 13.9. The summed E-state index contributed by atoms with van der Waals surface area (Å²) < 4.78 is 9.83. The lowest BCUT2D eigenvalue weighted by Crippen LogP contribution is -2.52. The first-order valence-corrected chi connectivity index (χ1v) is 24.0. The summed E-state index contributed by atoms with van der Waals surface area (Å²) in [5, 5.41) is 15.8. The van der Waals surface area contributed by atoms with Crippen molar-refractivity contribution in [3.05, 3.63) is 77.6 Å². The average Bonchev–Trinajstić information content (AvgIpc) is 4.19. The number of imidazole rings is 2. The molecule has 350 valence electrons. The van der Waals surface area contributed by atoms with E-state index in [1.54, 1.807) is 0 Å². The fourth-order valence-electron chi connectivity index (χ4n) is 11.5. The van der Waals surface area contributed by atoms with Crippen molar-refractivity contribution in [3.8, 4) is 33.6 Å². The molecule has 5 N–H and O–H groups in total. The van der Waals surface area contributed by atoms with Crippen LogP contribution in [-0.2, 0) is 30.9 Å². The fourth-order valence-corrected chi connectivity index (χ4v) is 11.5. The maximum absolute atomic E-state index is 13.9. The molecule has 2 aliphatic heterocycles. The van der Waals surface area contributed by atoms with Gasteiger partial charge in [0.25, 0.3) is 0 Å². The zero-order valence-electron chi connectivity index (χ0n) is 39.2.